The number of ether oxygens (including phenoxy) is 2. The summed E-state index contributed by atoms with van der Waals surface area (Å²) in [6.07, 6.45) is 5.12. The normalized spacial score (nSPS) is 29.8. The lowest BCUT2D eigenvalue weighted by molar-refractivity contribution is -0.168. The van der Waals surface area contributed by atoms with Gasteiger partial charge in [0.15, 0.2) is 0 Å². The van der Waals surface area contributed by atoms with Crippen LogP contribution in [0.5, 0.6) is 0 Å². The van der Waals surface area contributed by atoms with Crippen LogP contribution < -0.4 is 0 Å². The molecule has 1 fully saturated rings. The minimum atomic E-state index is -0.880. The van der Waals surface area contributed by atoms with E-state index >= 15 is 0 Å². The largest absolute Gasteiger partial charge is 0.466 e. The van der Waals surface area contributed by atoms with E-state index in [1.54, 1.807) is 19.9 Å². The Morgan fingerprint density at radius 1 is 1.21 bits per heavy atom. The molecule has 2 aliphatic carbocycles. The van der Waals surface area contributed by atoms with Crippen molar-refractivity contribution in [1.82, 2.24) is 0 Å². The fourth-order valence-electron chi connectivity index (χ4n) is 3.54. The molecule has 5 nitrogen and oxygen atoms in total. The number of carbonyl (C=O) groups is 3. The lowest BCUT2D eigenvalue weighted by atomic mass is 9.65. The topological polar surface area (TPSA) is 69.7 Å². The maximum absolute atomic E-state index is 13.2. The van der Waals surface area contributed by atoms with Crippen LogP contribution in [0, 0.1) is 23.7 Å². The van der Waals surface area contributed by atoms with Crippen molar-refractivity contribution in [3.05, 3.63) is 24.1 Å². The van der Waals surface area contributed by atoms with Gasteiger partial charge in [0.25, 0.3) is 0 Å². The summed E-state index contributed by atoms with van der Waals surface area (Å²) in [5.74, 6) is -4.06. The molecule has 0 N–H and O–H groups in total. The predicted octanol–water partition coefficient (Wildman–Crippen LogP) is 2.75. The second kappa shape index (κ2) is 8.22. The Labute approximate surface area is 140 Å². The first kappa shape index (κ1) is 18.4. The van der Waals surface area contributed by atoms with Crippen molar-refractivity contribution in [2.45, 2.75) is 33.1 Å². The zero-order valence-corrected chi connectivity index (χ0v) is 14.0. The molecule has 0 heterocycles. The average Bonchev–Trinajstić information content (AvgIpc) is 2.56. The van der Waals surface area contributed by atoms with Crippen molar-refractivity contribution in [3.63, 3.8) is 0 Å². The van der Waals surface area contributed by atoms with Gasteiger partial charge in [-0.1, -0.05) is 6.08 Å². The van der Waals surface area contributed by atoms with Gasteiger partial charge in [-0.3, -0.25) is 14.4 Å². The lowest BCUT2D eigenvalue weighted by Gasteiger charge is -2.37. The predicted molar refractivity (Wildman–Crippen MR) is 84.4 cm³/mol. The molecule has 4 atom stereocenters. The van der Waals surface area contributed by atoms with Crippen LogP contribution in [-0.2, 0) is 23.9 Å². The number of ketones is 1. The van der Waals surface area contributed by atoms with E-state index in [0.717, 1.165) is 0 Å². The Morgan fingerprint density at radius 3 is 2.46 bits per heavy atom. The summed E-state index contributed by atoms with van der Waals surface area (Å²) in [6.45, 7) is 3.75. The number of allylic oxidation sites excluding steroid dienone is 4. The third-order valence-electron chi connectivity index (χ3n) is 4.59. The van der Waals surface area contributed by atoms with Crippen molar-refractivity contribution >= 4 is 17.7 Å². The maximum atomic E-state index is 13.2. The molecule has 0 aromatic rings. The van der Waals surface area contributed by atoms with Gasteiger partial charge in [0.2, 0.25) is 0 Å². The van der Waals surface area contributed by atoms with Crippen LogP contribution in [0.4, 0.5) is 4.39 Å². The van der Waals surface area contributed by atoms with Gasteiger partial charge in [0.05, 0.1) is 25.0 Å². The van der Waals surface area contributed by atoms with Crippen molar-refractivity contribution < 1.29 is 28.2 Å². The molecule has 0 aliphatic heterocycles. The molecule has 0 bridgehead atoms. The highest BCUT2D eigenvalue weighted by molar-refractivity contribution is 5.92. The van der Waals surface area contributed by atoms with E-state index in [-0.39, 0.29) is 43.6 Å². The van der Waals surface area contributed by atoms with Crippen LogP contribution >= 0.6 is 0 Å². The Hall–Kier alpha value is -1.98. The molecule has 0 amide bonds. The Kier molecular flexibility index (Phi) is 6.29. The van der Waals surface area contributed by atoms with Gasteiger partial charge in [-0.05, 0) is 44.8 Å². The Morgan fingerprint density at radius 2 is 1.88 bits per heavy atom. The van der Waals surface area contributed by atoms with E-state index in [2.05, 4.69) is 0 Å². The lowest BCUT2D eigenvalue weighted by Crippen LogP contribution is -2.47. The molecule has 0 aromatic carbocycles. The van der Waals surface area contributed by atoms with Gasteiger partial charge in [-0.15, -0.1) is 0 Å². The highest BCUT2D eigenvalue weighted by Gasteiger charge is 2.49. The summed E-state index contributed by atoms with van der Waals surface area (Å²) in [5.41, 5.74) is 0. The average molecular weight is 338 g/mol. The number of halogens is 1. The van der Waals surface area contributed by atoms with E-state index in [0.29, 0.717) is 6.42 Å². The fourth-order valence-corrected chi connectivity index (χ4v) is 3.54. The van der Waals surface area contributed by atoms with Crippen molar-refractivity contribution in [2.24, 2.45) is 23.7 Å². The molecule has 6 heteroatoms. The van der Waals surface area contributed by atoms with Crippen LogP contribution in [0.1, 0.15) is 33.1 Å². The van der Waals surface area contributed by atoms with Crippen LogP contribution in [-0.4, -0.2) is 30.9 Å². The second-order valence-electron chi connectivity index (χ2n) is 6.01. The minimum Gasteiger partial charge on any atom is -0.466 e. The van der Waals surface area contributed by atoms with Crippen molar-refractivity contribution in [3.8, 4) is 0 Å². The van der Waals surface area contributed by atoms with E-state index in [1.165, 1.54) is 12.2 Å². The monoisotopic (exact) mass is 338 g/mol. The molecule has 2 rings (SSSR count). The molecule has 0 saturated heterocycles. The summed E-state index contributed by atoms with van der Waals surface area (Å²) in [6, 6.07) is 0. The first-order valence-electron chi connectivity index (χ1n) is 8.39. The molecule has 24 heavy (non-hydrogen) atoms. The second-order valence-corrected chi connectivity index (χ2v) is 6.01. The van der Waals surface area contributed by atoms with E-state index in [9.17, 15) is 18.8 Å². The third-order valence-corrected chi connectivity index (χ3v) is 4.59. The van der Waals surface area contributed by atoms with Crippen LogP contribution in [0.3, 0.4) is 0 Å². The van der Waals surface area contributed by atoms with Crippen molar-refractivity contribution in [2.75, 3.05) is 13.2 Å². The molecule has 0 radical (unpaired) electrons. The number of carbonyl (C=O) groups excluding carboxylic acids is 3. The molecule has 132 valence electrons. The fraction of sp³-hybridized carbons (Fsp3) is 0.611. The summed E-state index contributed by atoms with van der Waals surface area (Å²) < 4.78 is 23.4. The van der Waals surface area contributed by atoms with Gasteiger partial charge < -0.3 is 9.47 Å². The summed E-state index contributed by atoms with van der Waals surface area (Å²) in [4.78, 5) is 37.3. The summed E-state index contributed by atoms with van der Waals surface area (Å²) in [7, 11) is 0. The first-order valence-corrected chi connectivity index (χ1v) is 8.39. The van der Waals surface area contributed by atoms with E-state index in [1.807, 2.05) is 0 Å². The van der Waals surface area contributed by atoms with E-state index in [4.69, 9.17) is 9.47 Å². The molecule has 0 aromatic heterocycles. The Balaban J connectivity index is 2.32. The smallest absolute Gasteiger partial charge is 0.310 e. The van der Waals surface area contributed by atoms with Gasteiger partial charge in [-0.2, -0.15) is 0 Å². The zero-order chi connectivity index (χ0) is 17.7. The molecule has 1 unspecified atom stereocenters. The maximum Gasteiger partial charge on any atom is 0.310 e. The van der Waals surface area contributed by atoms with Crippen LogP contribution in [0.2, 0.25) is 0 Å². The summed E-state index contributed by atoms with van der Waals surface area (Å²) >= 11 is 0. The SMILES string of the molecule is CCOC(=O)[C@@H]1[C@@H](C2C=CC(F)=CC2)C(=O)CC[C@H]1C(=O)OCC. The van der Waals surface area contributed by atoms with Crippen LogP contribution in [0.25, 0.3) is 0 Å². The van der Waals surface area contributed by atoms with Gasteiger partial charge >= 0.3 is 11.9 Å². The van der Waals surface area contributed by atoms with Crippen LogP contribution in [0.15, 0.2) is 24.1 Å². The highest BCUT2D eigenvalue weighted by atomic mass is 19.1. The van der Waals surface area contributed by atoms with Gasteiger partial charge in [-0.25, -0.2) is 4.39 Å². The number of hydrogen-bond acceptors (Lipinski definition) is 5. The molecular weight excluding hydrogens is 315 g/mol. The van der Waals surface area contributed by atoms with Crippen molar-refractivity contribution in [1.29, 1.82) is 0 Å². The summed E-state index contributed by atoms with van der Waals surface area (Å²) in [5, 5.41) is 0. The molecule has 1 saturated carbocycles. The molecule has 2 aliphatic rings. The highest BCUT2D eigenvalue weighted by Crippen LogP contribution is 2.41. The first-order chi connectivity index (χ1) is 11.5. The molecular formula is C18H23FO5. The minimum absolute atomic E-state index is 0.0843. The number of hydrogen-bond donors (Lipinski definition) is 0. The number of Topliss-reactive ketones (excluding diaryl/α,β-unsaturated/α-hetero) is 1. The zero-order valence-electron chi connectivity index (χ0n) is 14.0. The van der Waals surface area contributed by atoms with Gasteiger partial charge in [0, 0.05) is 12.3 Å². The van der Waals surface area contributed by atoms with E-state index < -0.39 is 29.7 Å². The Bertz CT molecular complexity index is 566. The van der Waals surface area contributed by atoms with Gasteiger partial charge in [0.1, 0.15) is 11.6 Å². The standard InChI is InChI=1S/C18H23FO5/c1-3-23-17(21)13-9-10-14(20)15(16(13)18(22)24-4-2)11-5-7-12(19)8-6-11/h5,7-8,11,13,15-16H,3-4,6,9-10H2,1-2H3/t11?,13-,15+,16+/m1/s1. The number of rotatable bonds is 5. The molecule has 0 spiro atoms. The number of esters is 2. The quantitative estimate of drug-likeness (QED) is 0.721. The third kappa shape index (κ3) is 3.91.